The van der Waals surface area contributed by atoms with E-state index in [1.54, 1.807) is 0 Å². The monoisotopic (exact) mass is 313 g/mol. The standard InChI is InChI=1S/C19H27N3O/c23-19(18-16-10-4-5-11-17(16)20-21-18)22-12-6-9-15(22)13-14-7-2-1-3-8-14/h1-3,7-8,15-18,20-21H,4-6,9-13H2. The maximum Gasteiger partial charge on any atom is 0.241 e. The van der Waals surface area contributed by atoms with Crippen molar-refractivity contribution in [2.24, 2.45) is 5.92 Å². The number of rotatable bonds is 3. The van der Waals surface area contributed by atoms with Crippen molar-refractivity contribution in [3.63, 3.8) is 0 Å². The summed E-state index contributed by atoms with van der Waals surface area (Å²) in [6.45, 7) is 0.923. The number of amides is 1. The van der Waals surface area contributed by atoms with Gasteiger partial charge in [-0.25, -0.2) is 5.43 Å². The van der Waals surface area contributed by atoms with Gasteiger partial charge in [0.05, 0.1) is 0 Å². The molecule has 23 heavy (non-hydrogen) atoms. The Morgan fingerprint density at radius 3 is 2.74 bits per heavy atom. The van der Waals surface area contributed by atoms with Crippen molar-refractivity contribution in [2.75, 3.05) is 6.54 Å². The van der Waals surface area contributed by atoms with Crippen LogP contribution in [0.3, 0.4) is 0 Å². The van der Waals surface area contributed by atoms with E-state index in [0.717, 1.165) is 25.8 Å². The SMILES string of the molecule is O=C(C1NNC2CCCCC21)N1CCCC1Cc1ccccc1. The molecule has 2 saturated heterocycles. The number of benzene rings is 1. The molecular formula is C19H27N3O. The maximum atomic E-state index is 13.1. The third-order valence-electron chi connectivity index (χ3n) is 5.91. The zero-order chi connectivity index (χ0) is 15.6. The summed E-state index contributed by atoms with van der Waals surface area (Å²) in [5.41, 5.74) is 8.04. The van der Waals surface area contributed by atoms with Crippen molar-refractivity contribution in [2.45, 2.75) is 63.1 Å². The quantitative estimate of drug-likeness (QED) is 0.899. The summed E-state index contributed by atoms with van der Waals surface area (Å²) in [4.78, 5) is 15.3. The maximum absolute atomic E-state index is 13.1. The minimum atomic E-state index is -0.0170. The van der Waals surface area contributed by atoms with Gasteiger partial charge in [0.15, 0.2) is 0 Å². The van der Waals surface area contributed by atoms with Gasteiger partial charge in [-0.1, -0.05) is 43.2 Å². The van der Waals surface area contributed by atoms with Crippen LogP contribution in [-0.2, 0) is 11.2 Å². The van der Waals surface area contributed by atoms with Crippen LogP contribution < -0.4 is 10.9 Å². The number of fused-ring (bicyclic) bond motifs is 1. The highest BCUT2D eigenvalue weighted by Crippen LogP contribution is 2.32. The third-order valence-corrected chi connectivity index (χ3v) is 5.91. The molecule has 1 aromatic rings. The van der Waals surface area contributed by atoms with Crippen LogP contribution in [-0.4, -0.2) is 35.5 Å². The number of hydrogen-bond acceptors (Lipinski definition) is 3. The van der Waals surface area contributed by atoms with Crippen molar-refractivity contribution in [3.05, 3.63) is 35.9 Å². The van der Waals surface area contributed by atoms with Gasteiger partial charge in [-0.05, 0) is 37.7 Å². The van der Waals surface area contributed by atoms with Crippen LogP contribution in [0.4, 0.5) is 0 Å². The van der Waals surface area contributed by atoms with Gasteiger partial charge in [-0.2, -0.15) is 0 Å². The fourth-order valence-corrected chi connectivity index (χ4v) is 4.69. The van der Waals surface area contributed by atoms with E-state index in [4.69, 9.17) is 0 Å². The molecule has 1 amide bonds. The lowest BCUT2D eigenvalue weighted by molar-refractivity contribution is -0.135. The van der Waals surface area contributed by atoms with Crippen molar-refractivity contribution < 1.29 is 4.79 Å². The molecule has 1 saturated carbocycles. The zero-order valence-electron chi connectivity index (χ0n) is 13.7. The largest absolute Gasteiger partial charge is 0.338 e. The Kier molecular flexibility index (Phi) is 4.36. The van der Waals surface area contributed by atoms with Crippen LogP contribution >= 0.6 is 0 Å². The molecule has 4 unspecified atom stereocenters. The predicted molar refractivity (Wildman–Crippen MR) is 90.7 cm³/mol. The molecule has 3 fully saturated rings. The van der Waals surface area contributed by atoms with E-state index >= 15 is 0 Å². The number of nitrogens with one attached hydrogen (secondary N) is 2. The number of carbonyl (C=O) groups is 1. The van der Waals surface area contributed by atoms with E-state index < -0.39 is 0 Å². The van der Waals surface area contributed by atoms with Gasteiger partial charge in [0, 0.05) is 24.5 Å². The first-order valence-electron chi connectivity index (χ1n) is 9.18. The lowest BCUT2D eigenvalue weighted by atomic mass is 9.81. The topological polar surface area (TPSA) is 44.4 Å². The Hall–Kier alpha value is -1.39. The number of nitrogens with zero attached hydrogens (tertiary/aromatic N) is 1. The number of likely N-dealkylation sites (tertiary alicyclic amines) is 1. The van der Waals surface area contributed by atoms with Gasteiger partial charge in [-0.3, -0.25) is 10.2 Å². The van der Waals surface area contributed by atoms with Gasteiger partial charge in [0.2, 0.25) is 5.91 Å². The van der Waals surface area contributed by atoms with Gasteiger partial charge in [0.1, 0.15) is 6.04 Å². The summed E-state index contributed by atoms with van der Waals surface area (Å²) in [6, 6.07) is 11.4. The van der Waals surface area contributed by atoms with Crippen LogP contribution in [0, 0.1) is 5.92 Å². The minimum absolute atomic E-state index is 0.0170. The molecule has 1 aliphatic carbocycles. The Bertz CT molecular complexity index is 547. The second-order valence-electron chi connectivity index (χ2n) is 7.34. The third kappa shape index (κ3) is 3.02. The highest BCUT2D eigenvalue weighted by Gasteiger charge is 2.44. The summed E-state index contributed by atoms with van der Waals surface area (Å²) in [5, 5.41) is 0. The van der Waals surface area contributed by atoms with E-state index in [0.29, 0.717) is 23.9 Å². The second-order valence-corrected chi connectivity index (χ2v) is 7.34. The average molecular weight is 313 g/mol. The van der Waals surface area contributed by atoms with Gasteiger partial charge in [0.25, 0.3) is 0 Å². The number of hydrogen-bond donors (Lipinski definition) is 2. The van der Waals surface area contributed by atoms with E-state index in [1.165, 1.54) is 31.2 Å². The van der Waals surface area contributed by atoms with Crippen molar-refractivity contribution >= 4 is 5.91 Å². The van der Waals surface area contributed by atoms with Crippen LogP contribution in [0.1, 0.15) is 44.1 Å². The summed E-state index contributed by atoms with van der Waals surface area (Å²) in [5.74, 6) is 0.805. The van der Waals surface area contributed by atoms with Crippen LogP contribution in [0.25, 0.3) is 0 Å². The fraction of sp³-hybridized carbons (Fsp3) is 0.632. The first-order chi connectivity index (χ1) is 11.3. The summed E-state index contributed by atoms with van der Waals surface area (Å²) in [7, 11) is 0. The normalized spacial score (nSPS) is 33.7. The molecule has 1 aromatic carbocycles. The van der Waals surface area contributed by atoms with Gasteiger partial charge >= 0.3 is 0 Å². The molecule has 4 rings (SSSR count). The molecule has 4 atom stereocenters. The van der Waals surface area contributed by atoms with E-state index in [-0.39, 0.29) is 6.04 Å². The molecule has 4 heteroatoms. The Morgan fingerprint density at radius 2 is 1.87 bits per heavy atom. The average Bonchev–Trinajstić information content (AvgIpc) is 3.22. The molecule has 0 spiro atoms. The number of hydrazine groups is 1. The van der Waals surface area contributed by atoms with E-state index in [1.807, 2.05) is 0 Å². The summed E-state index contributed by atoms with van der Waals surface area (Å²) < 4.78 is 0. The molecule has 3 aliphatic rings. The molecule has 2 heterocycles. The van der Waals surface area contributed by atoms with E-state index in [9.17, 15) is 4.79 Å². The molecule has 2 aliphatic heterocycles. The second kappa shape index (κ2) is 6.62. The van der Waals surface area contributed by atoms with E-state index in [2.05, 4.69) is 46.1 Å². The molecule has 0 bridgehead atoms. The predicted octanol–water partition coefficient (Wildman–Crippen LogP) is 2.26. The lowest BCUT2D eigenvalue weighted by Gasteiger charge is -2.31. The Labute approximate surface area is 138 Å². The highest BCUT2D eigenvalue weighted by molar-refractivity contribution is 5.83. The minimum Gasteiger partial charge on any atom is -0.338 e. The molecule has 0 aromatic heterocycles. The van der Waals surface area contributed by atoms with Crippen molar-refractivity contribution in [1.29, 1.82) is 0 Å². The molecular weight excluding hydrogens is 286 g/mol. The van der Waals surface area contributed by atoms with Gasteiger partial charge in [-0.15, -0.1) is 0 Å². The molecule has 4 nitrogen and oxygen atoms in total. The first-order valence-corrected chi connectivity index (χ1v) is 9.18. The zero-order valence-corrected chi connectivity index (χ0v) is 13.7. The fourth-order valence-electron chi connectivity index (χ4n) is 4.69. The Balaban J connectivity index is 1.44. The summed E-state index contributed by atoms with van der Waals surface area (Å²) >= 11 is 0. The van der Waals surface area contributed by atoms with Crippen LogP contribution in [0.15, 0.2) is 30.3 Å². The Morgan fingerprint density at radius 1 is 1.04 bits per heavy atom. The molecule has 2 N–H and O–H groups in total. The smallest absolute Gasteiger partial charge is 0.241 e. The van der Waals surface area contributed by atoms with Crippen LogP contribution in [0.5, 0.6) is 0 Å². The van der Waals surface area contributed by atoms with Gasteiger partial charge < -0.3 is 4.90 Å². The van der Waals surface area contributed by atoms with Crippen molar-refractivity contribution in [3.8, 4) is 0 Å². The molecule has 0 radical (unpaired) electrons. The first kappa shape index (κ1) is 15.2. The lowest BCUT2D eigenvalue weighted by Crippen LogP contribution is -2.50. The highest BCUT2D eigenvalue weighted by atomic mass is 16.2. The number of carbonyl (C=O) groups excluding carboxylic acids is 1. The van der Waals surface area contributed by atoms with Crippen molar-refractivity contribution in [1.82, 2.24) is 15.8 Å². The van der Waals surface area contributed by atoms with Crippen LogP contribution in [0.2, 0.25) is 0 Å². The molecule has 124 valence electrons. The summed E-state index contributed by atoms with van der Waals surface area (Å²) in [6.07, 6.45) is 8.19.